The van der Waals surface area contributed by atoms with Crippen molar-refractivity contribution in [2.45, 2.75) is 71.3 Å². The number of carboxylic acids is 1. The Balaban J connectivity index is 1.82. The number of ketones is 1. The van der Waals surface area contributed by atoms with Crippen LogP contribution in [-0.4, -0.2) is 45.8 Å². The molecule has 0 aliphatic heterocycles. The molecule has 0 heterocycles. The Kier molecular flexibility index (Phi) is 5.00. The highest BCUT2D eigenvalue weighted by molar-refractivity contribution is 6.01. The SMILES string of the molecule is CCC(=O)O[C@]1(C(=O)O)[C@@H](C)C[C@H]2[C@@H]3C[C@H](F)C4=CC(=O)C=C[C@]4(C)[C@H]3[C@@H](O)C[C@@]21C. The van der Waals surface area contributed by atoms with E-state index in [9.17, 15) is 24.6 Å². The fourth-order valence-electron chi connectivity index (χ4n) is 7.62. The maximum absolute atomic E-state index is 15.4. The summed E-state index contributed by atoms with van der Waals surface area (Å²) in [5.74, 6) is -3.41. The lowest BCUT2D eigenvalue weighted by atomic mass is 9.46. The van der Waals surface area contributed by atoms with Gasteiger partial charge in [0.25, 0.3) is 0 Å². The van der Waals surface area contributed by atoms with Gasteiger partial charge in [-0.3, -0.25) is 9.59 Å². The molecule has 0 amide bonds. The van der Waals surface area contributed by atoms with E-state index < -0.39 is 46.6 Å². The first kappa shape index (κ1) is 22.2. The number of alkyl halides is 1. The summed E-state index contributed by atoms with van der Waals surface area (Å²) in [6.07, 6.45) is 3.00. The number of carbonyl (C=O) groups excluding carboxylic acids is 2. The van der Waals surface area contributed by atoms with Gasteiger partial charge in [0.1, 0.15) is 6.17 Å². The molecule has 0 aromatic rings. The summed E-state index contributed by atoms with van der Waals surface area (Å²) >= 11 is 0. The minimum Gasteiger partial charge on any atom is -0.478 e. The van der Waals surface area contributed by atoms with Crippen LogP contribution in [0.2, 0.25) is 0 Å². The molecule has 31 heavy (non-hydrogen) atoms. The third kappa shape index (κ3) is 2.74. The molecule has 0 bridgehead atoms. The van der Waals surface area contributed by atoms with Crippen LogP contribution in [0.25, 0.3) is 0 Å². The van der Waals surface area contributed by atoms with Gasteiger partial charge < -0.3 is 14.9 Å². The van der Waals surface area contributed by atoms with Gasteiger partial charge >= 0.3 is 11.9 Å². The summed E-state index contributed by atoms with van der Waals surface area (Å²) in [4.78, 5) is 36.8. The summed E-state index contributed by atoms with van der Waals surface area (Å²) in [6.45, 7) is 7.02. The minimum absolute atomic E-state index is 0.0503. The second-order valence-electron chi connectivity index (χ2n) is 10.3. The fraction of sp³-hybridized carbons (Fsp3) is 0.708. The van der Waals surface area contributed by atoms with E-state index in [4.69, 9.17) is 4.74 Å². The van der Waals surface area contributed by atoms with Gasteiger partial charge in [-0.05, 0) is 48.8 Å². The number of aliphatic hydroxyl groups is 1. The Labute approximate surface area is 181 Å². The summed E-state index contributed by atoms with van der Waals surface area (Å²) in [5, 5.41) is 21.7. The second-order valence-corrected chi connectivity index (χ2v) is 10.3. The van der Waals surface area contributed by atoms with Gasteiger partial charge in [-0.1, -0.05) is 33.8 Å². The van der Waals surface area contributed by atoms with Crippen molar-refractivity contribution >= 4 is 17.7 Å². The zero-order valence-corrected chi connectivity index (χ0v) is 18.4. The topological polar surface area (TPSA) is 101 Å². The van der Waals surface area contributed by atoms with E-state index in [1.54, 1.807) is 26.8 Å². The van der Waals surface area contributed by atoms with Crippen LogP contribution in [0.15, 0.2) is 23.8 Å². The van der Waals surface area contributed by atoms with Crippen molar-refractivity contribution in [2.24, 2.45) is 34.5 Å². The Morgan fingerprint density at radius 1 is 1.29 bits per heavy atom. The maximum Gasteiger partial charge on any atom is 0.349 e. The standard InChI is InChI=1S/C24H31FO6/c1-5-19(28)31-24(21(29)30)12(2)8-15-14-10-17(25)16-9-13(26)6-7-22(16,3)20(14)18(27)11-23(15,24)4/h6-7,9,12,14-15,17-18,20,27H,5,8,10-11H2,1-4H3,(H,29,30)/t12-,14-,15-,17-,18-,20+,22-,23-,24-/m0/s1. The van der Waals surface area contributed by atoms with Crippen molar-refractivity contribution in [2.75, 3.05) is 0 Å². The smallest absolute Gasteiger partial charge is 0.349 e. The highest BCUT2D eigenvalue weighted by Crippen LogP contribution is 2.69. The number of fused-ring (bicyclic) bond motifs is 5. The monoisotopic (exact) mass is 434 g/mol. The summed E-state index contributed by atoms with van der Waals surface area (Å²) < 4.78 is 21.1. The first-order valence-electron chi connectivity index (χ1n) is 11.1. The zero-order chi connectivity index (χ0) is 22.9. The van der Waals surface area contributed by atoms with Crippen molar-refractivity contribution in [3.63, 3.8) is 0 Å². The molecule has 0 saturated heterocycles. The van der Waals surface area contributed by atoms with Crippen LogP contribution in [0.4, 0.5) is 4.39 Å². The molecule has 0 aromatic heterocycles. The van der Waals surface area contributed by atoms with Crippen LogP contribution in [0, 0.1) is 34.5 Å². The lowest BCUT2D eigenvalue weighted by Crippen LogP contribution is -2.64. The van der Waals surface area contributed by atoms with Gasteiger partial charge in [-0.25, -0.2) is 9.18 Å². The number of hydrogen-bond donors (Lipinski definition) is 2. The molecular formula is C24H31FO6. The number of halogens is 1. The van der Waals surface area contributed by atoms with Crippen molar-refractivity contribution in [3.05, 3.63) is 23.8 Å². The van der Waals surface area contributed by atoms with Crippen molar-refractivity contribution in [3.8, 4) is 0 Å². The number of esters is 1. The normalized spacial score (nSPS) is 48.3. The van der Waals surface area contributed by atoms with Crippen LogP contribution in [-0.2, 0) is 19.1 Å². The molecule has 0 unspecified atom stereocenters. The van der Waals surface area contributed by atoms with E-state index >= 15 is 4.39 Å². The molecule has 0 aromatic carbocycles. The highest BCUT2D eigenvalue weighted by atomic mass is 19.1. The molecule has 0 radical (unpaired) electrons. The average Bonchev–Trinajstić information content (AvgIpc) is 2.90. The van der Waals surface area contributed by atoms with Crippen LogP contribution in [0.3, 0.4) is 0 Å². The predicted molar refractivity (Wildman–Crippen MR) is 110 cm³/mol. The van der Waals surface area contributed by atoms with Crippen molar-refractivity contribution in [1.82, 2.24) is 0 Å². The number of ether oxygens (including phenoxy) is 1. The number of carboxylic acid groups (broad SMARTS) is 1. The van der Waals surface area contributed by atoms with E-state index in [-0.39, 0.29) is 42.8 Å². The second kappa shape index (κ2) is 6.99. The van der Waals surface area contributed by atoms with Gasteiger partial charge in [0.2, 0.25) is 5.60 Å². The molecule has 4 aliphatic rings. The third-order valence-electron chi connectivity index (χ3n) is 8.90. The molecule has 3 saturated carbocycles. The highest BCUT2D eigenvalue weighted by Gasteiger charge is 2.74. The van der Waals surface area contributed by atoms with E-state index in [1.807, 2.05) is 6.92 Å². The van der Waals surface area contributed by atoms with Crippen molar-refractivity contribution < 1.29 is 33.7 Å². The summed E-state index contributed by atoms with van der Waals surface area (Å²) in [7, 11) is 0. The van der Waals surface area contributed by atoms with Crippen LogP contribution >= 0.6 is 0 Å². The number of aliphatic hydroxyl groups excluding tert-OH is 1. The molecule has 9 atom stereocenters. The molecule has 170 valence electrons. The van der Waals surface area contributed by atoms with E-state index in [0.29, 0.717) is 12.0 Å². The fourth-order valence-corrected chi connectivity index (χ4v) is 7.62. The first-order chi connectivity index (χ1) is 14.4. The molecule has 4 rings (SSSR count). The summed E-state index contributed by atoms with van der Waals surface area (Å²) in [6, 6.07) is 0. The quantitative estimate of drug-likeness (QED) is 0.662. The largest absolute Gasteiger partial charge is 0.478 e. The zero-order valence-electron chi connectivity index (χ0n) is 18.4. The van der Waals surface area contributed by atoms with E-state index in [1.165, 1.54) is 12.2 Å². The lowest BCUT2D eigenvalue weighted by molar-refractivity contribution is -0.215. The van der Waals surface area contributed by atoms with Crippen LogP contribution < -0.4 is 0 Å². The third-order valence-corrected chi connectivity index (χ3v) is 8.90. The summed E-state index contributed by atoms with van der Waals surface area (Å²) in [5.41, 5.74) is -3.21. The minimum atomic E-state index is -1.77. The Morgan fingerprint density at radius 3 is 2.58 bits per heavy atom. The number of aliphatic carboxylic acids is 1. The molecule has 0 spiro atoms. The first-order valence-corrected chi connectivity index (χ1v) is 11.1. The van der Waals surface area contributed by atoms with E-state index in [0.717, 1.165) is 0 Å². The molecule has 4 aliphatic carbocycles. The van der Waals surface area contributed by atoms with Gasteiger partial charge in [-0.2, -0.15) is 0 Å². The number of hydrogen-bond acceptors (Lipinski definition) is 5. The molecular weight excluding hydrogens is 403 g/mol. The molecule has 3 fully saturated rings. The Morgan fingerprint density at radius 2 is 1.97 bits per heavy atom. The lowest BCUT2D eigenvalue weighted by Gasteiger charge is -2.60. The number of carbonyl (C=O) groups is 3. The van der Waals surface area contributed by atoms with Gasteiger partial charge in [0.15, 0.2) is 5.78 Å². The van der Waals surface area contributed by atoms with Gasteiger partial charge in [0, 0.05) is 29.1 Å². The maximum atomic E-state index is 15.4. The van der Waals surface area contributed by atoms with Crippen LogP contribution in [0.1, 0.15) is 53.4 Å². The van der Waals surface area contributed by atoms with Gasteiger partial charge in [0.05, 0.1) is 6.10 Å². The Bertz CT molecular complexity index is 895. The molecule has 7 heteroatoms. The number of allylic oxidation sites excluding steroid dienone is 4. The number of rotatable bonds is 3. The predicted octanol–water partition coefficient (Wildman–Crippen LogP) is 3.24. The van der Waals surface area contributed by atoms with Gasteiger partial charge in [-0.15, -0.1) is 0 Å². The van der Waals surface area contributed by atoms with Crippen molar-refractivity contribution in [1.29, 1.82) is 0 Å². The average molecular weight is 435 g/mol. The Hall–Kier alpha value is -2.02. The molecule has 2 N–H and O–H groups in total. The molecule has 6 nitrogen and oxygen atoms in total. The van der Waals surface area contributed by atoms with Crippen LogP contribution in [0.5, 0.6) is 0 Å². The van der Waals surface area contributed by atoms with E-state index in [2.05, 4.69) is 0 Å².